The van der Waals surface area contributed by atoms with Gasteiger partial charge >= 0.3 is 0 Å². The van der Waals surface area contributed by atoms with E-state index < -0.39 is 0 Å². The van der Waals surface area contributed by atoms with Crippen molar-refractivity contribution in [1.82, 2.24) is 15.0 Å². The van der Waals surface area contributed by atoms with E-state index in [0.717, 1.165) is 55.1 Å². The molecule has 10 aromatic rings. The first kappa shape index (κ1) is 30.7. The number of hydrogen-bond acceptors (Lipinski definition) is 4. The van der Waals surface area contributed by atoms with Crippen LogP contribution < -0.4 is 0 Å². The van der Waals surface area contributed by atoms with E-state index in [1.807, 2.05) is 30.3 Å². The summed E-state index contributed by atoms with van der Waals surface area (Å²) in [7, 11) is 0. The zero-order valence-corrected chi connectivity index (χ0v) is 29.8. The Morgan fingerprint density at radius 3 is 1.80 bits per heavy atom. The lowest BCUT2D eigenvalue weighted by atomic mass is 9.81. The summed E-state index contributed by atoms with van der Waals surface area (Å²) in [6.45, 7) is 4.67. The Hall–Kier alpha value is -6.91. The highest BCUT2D eigenvalue weighted by Crippen LogP contribution is 2.50. The van der Waals surface area contributed by atoms with Gasteiger partial charge in [0.05, 0.1) is 0 Å². The van der Waals surface area contributed by atoms with Crippen molar-refractivity contribution in [3.63, 3.8) is 0 Å². The van der Waals surface area contributed by atoms with E-state index in [-0.39, 0.29) is 5.41 Å². The summed E-state index contributed by atoms with van der Waals surface area (Å²) in [5.41, 5.74) is 12.0. The number of benzene rings is 8. The summed E-state index contributed by atoms with van der Waals surface area (Å²) in [5, 5.41) is 7.02. The normalized spacial score (nSPS) is 13.1. The van der Waals surface area contributed by atoms with Crippen molar-refractivity contribution >= 4 is 43.5 Å². The summed E-state index contributed by atoms with van der Waals surface area (Å²) in [4.78, 5) is 15.4. The van der Waals surface area contributed by atoms with Gasteiger partial charge in [-0.3, -0.25) is 0 Å². The smallest absolute Gasteiger partial charge is 0.164 e. The molecular formula is C50H33N3O. The SMILES string of the molecule is CC1(C)c2ccccc2-c2cc3ccc4cc(-c5nc(-c6cccc(-c7ccccc7)c6)nc(-c6ccc7c(c6)oc6ccccc67)n5)ccc4c3cc21. The second kappa shape index (κ2) is 11.5. The molecule has 0 unspecified atom stereocenters. The van der Waals surface area contributed by atoms with Crippen LogP contribution in [-0.2, 0) is 5.41 Å². The molecule has 0 fully saturated rings. The van der Waals surface area contributed by atoms with Crippen molar-refractivity contribution in [2.24, 2.45) is 0 Å². The second-order valence-electron chi connectivity index (χ2n) is 14.9. The largest absolute Gasteiger partial charge is 0.456 e. The quantitative estimate of drug-likeness (QED) is 0.172. The molecular weight excluding hydrogens is 659 g/mol. The molecule has 0 radical (unpaired) electrons. The van der Waals surface area contributed by atoms with Crippen molar-refractivity contribution in [3.05, 3.63) is 175 Å². The summed E-state index contributed by atoms with van der Waals surface area (Å²) < 4.78 is 6.28. The van der Waals surface area contributed by atoms with Gasteiger partial charge in [0.25, 0.3) is 0 Å². The highest BCUT2D eigenvalue weighted by molar-refractivity contribution is 6.10. The molecule has 0 amide bonds. The van der Waals surface area contributed by atoms with Crippen LogP contribution in [0.25, 0.3) is 99.9 Å². The average Bonchev–Trinajstić information content (AvgIpc) is 3.71. The first-order valence-corrected chi connectivity index (χ1v) is 18.4. The van der Waals surface area contributed by atoms with Crippen molar-refractivity contribution in [3.8, 4) is 56.4 Å². The van der Waals surface area contributed by atoms with E-state index in [1.165, 1.54) is 38.4 Å². The Balaban J connectivity index is 1.07. The van der Waals surface area contributed by atoms with Gasteiger partial charge < -0.3 is 4.42 Å². The standard InChI is InChI=1S/C50H33N3O/c1-50(2)43-17-8-6-15-38(43)42-27-33-20-19-32-26-35(21-23-37(32)41(33)29-44(42)50)48-51-47(34-14-10-13-31(25-34)30-11-4-3-5-12-30)52-49(53-48)36-22-24-40-39-16-7-9-18-45(39)54-46(40)28-36/h3-29H,1-2H3. The van der Waals surface area contributed by atoms with Gasteiger partial charge in [-0.1, -0.05) is 135 Å². The number of rotatable bonds is 4. The lowest BCUT2D eigenvalue weighted by Crippen LogP contribution is -2.14. The van der Waals surface area contributed by atoms with E-state index in [1.54, 1.807) is 0 Å². The minimum absolute atomic E-state index is 0.0664. The van der Waals surface area contributed by atoms with Crippen molar-refractivity contribution in [2.75, 3.05) is 0 Å². The van der Waals surface area contributed by atoms with E-state index in [4.69, 9.17) is 19.4 Å². The Morgan fingerprint density at radius 1 is 0.370 bits per heavy atom. The number of aromatic nitrogens is 3. The number of furan rings is 1. The monoisotopic (exact) mass is 691 g/mol. The first-order chi connectivity index (χ1) is 26.5. The van der Waals surface area contributed by atoms with E-state index in [9.17, 15) is 0 Å². The van der Waals surface area contributed by atoms with Gasteiger partial charge in [0.15, 0.2) is 17.5 Å². The Kier molecular flexibility index (Phi) is 6.56. The molecule has 0 aliphatic heterocycles. The van der Waals surface area contributed by atoms with E-state index >= 15 is 0 Å². The van der Waals surface area contributed by atoms with Gasteiger partial charge in [-0.15, -0.1) is 0 Å². The van der Waals surface area contributed by atoms with Crippen LogP contribution in [0.2, 0.25) is 0 Å². The van der Waals surface area contributed by atoms with Gasteiger partial charge in [-0.25, -0.2) is 15.0 Å². The molecule has 1 aliphatic rings. The fourth-order valence-electron chi connectivity index (χ4n) is 8.50. The lowest BCUT2D eigenvalue weighted by Gasteiger charge is -2.22. The topological polar surface area (TPSA) is 51.8 Å². The molecule has 8 aromatic carbocycles. The Bertz CT molecular complexity index is 3140. The van der Waals surface area contributed by atoms with Crippen molar-refractivity contribution in [2.45, 2.75) is 19.3 Å². The third kappa shape index (κ3) is 4.73. The number of para-hydroxylation sites is 1. The molecule has 1 aliphatic carbocycles. The first-order valence-electron chi connectivity index (χ1n) is 18.4. The maximum atomic E-state index is 6.28. The summed E-state index contributed by atoms with van der Waals surface area (Å²) >= 11 is 0. The fraction of sp³-hybridized carbons (Fsp3) is 0.0600. The zero-order chi connectivity index (χ0) is 36.0. The summed E-state index contributed by atoms with van der Waals surface area (Å²) in [6.07, 6.45) is 0. The fourth-order valence-corrected chi connectivity index (χ4v) is 8.50. The molecule has 2 aromatic heterocycles. The van der Waals surface area contributed by atoms with Crippen LogP contribution >= 0.6 is 0 Å². The number of fused-ring (bicyclic) bond motifs is 9. The van der Waals surface area contributed by atoms with Gasteiger partial charge in [0.1, 0.15) is 11.2 Å². The van der Waals surface area contributed by atoms with Crippen LogP contribution in [-0.4, -0.2) is 15.0 Å². The van der Waals surface area contributed by atoms with E-state index in [0.29, 0.717) is 17.5 Å². The van der Waals surface area contributed by atoms with Crippen LogP contribution in [0.1, 0.15) is 25.0 Å². The van der Waals surface area contributed by atoms with Gasteiger partial charge in [0.2, 0.25) is 0 Å². The second-order valence-corrected chi connectivity index (χ2v) is 14.9. The van der Waals surface area contributed by atoms with Gasteiger partial charge in [0, 0.05) is 32.9 Å². The molecule has 0 spiro atoms. The molecule has 2 heterocycles. The average molecular weight is 692 g/mol. The minimum Gasteiger partial charge on any atom is -0.456 e. The molecule has 11 rings (SSSR count). The van der Waals surface area contributed by atoms with Crippen LogP contribution in [0.4, 0.5) is 0 Å². The summed E-state index contributed by atoms with van der Waals surface area (Å²) in [6, 6.07) is 57.9. The molecule has 0 atom stereocenters. The third-order valence-corrected chi connectivity index (χ3v) is 11.3. The highest BCUT2D eigenvalue weighted by Gasteiger charge is 2.35. The lowest BCUT2D eigenvalue weighted by molar-refractivity contribution is 0.661. The minimum atomic E-state index is -0.0664. The maximum Gasteiger partial charge on any atom is 0.164 e. The highest BCUT2D eigenvalue weighted by atomic mass is 16.3. The van der Waals surface area contributed by atoms with Gasteiger partial charge in [-0.2, -0.15) is 0 Å². The third-order valence-electron chi connectivity index (χ3n) is 11.3. The van der Waals surface area contributed by atoms with Crippen LogP contribution in [0.15, 0.2) is 168 Å². The summed E-state index contributed by atoms with van der Waals surface area (Å²) in [5.74, 6) is 1.84. The molecule has 4 nitrogen and oxygen atoms in total. The van der Waals surface area contributed by atoms with Crippen LogP contribution in [0, 0.1) is 0 Å². The van der Waals surface area contributed by atoms with Crippen molar-refractivity contribution in [1.29, 1.82) is 0 Å². The molecule has 0 saturated heterocycles. The molecule has 0 N–H and O–H groups in total. The number of hydrogen-bond donors (Lipinski definition) is 0. The molecule has 254 valence electrons. The predicted molar refractivity (Wildman–Crippen MR) is 221 cm³/mol. The van der Waals surface area contributed by atoms with Gasteiger partial charge in [-0.05, 0) is 97.4 Å². The molecule has 0 saturated carbocycles. The van der Waals surface area contributed by atoms with E-state index in [2.05, 4.69) is 147 Å². The molecule has 54 heavy (non-hydrogen) atoms. The Morgan fingerprint density at radius 2 is 0.981 bits per heavy atom. The zero-order valence-electron chi connectivity index (χ0n) is 29.8. The van der Waals surface area contributed by atoms with Crippen molar-refractivity contribution < 1.29 is 4.42 Å². The van der Waals surface area contributed by atoms with Crippen LogP contribution in [0.3, 0.4) is 0 Å². The number of nitrogens with zero attached hydrogens (tertiary/aromatic N) is 3. The van der Waals surface area contributed by atoms with Crippen LogP contribution in [0.5, 0.6) is 0 Å². The molecule has 0 bridgehead atoms. The molecule has 4 heteroatoms. The Labute approximate surface area is 312 Å². The maximum absolute atomic E-state index is 6.28. The predicted octanol–water partition coefficient (Wildman–Crippen LogP) is 13.1.